The highest BCUT2D eigenvalue weighted by Crippen LogP contribution is 2.33. The highest BCUT2D eigenvalue weighted by Gasteiger charge is 2.16. The van der Waals surface area contributed by atoms with E-state index in [2.05, 4.69) is 43.3 Å². The van der Waals surface area contributed by atoms with E-state index in [-0.39, 0.29) is 0 Å². The summed E-state index contributed by atoms with van der Waals surface area (Å²) in [6.07, 6.45) is 6.97. The van der Waals surface area contributed by atoms with Crippen LogP contribution in [-0.2, 0) is 0 Å². The van der Waals surface area contributed by atoms with Crippen molar-refractivity contribution < 1.29 is 0 Å². The molecular weight excluding hydrogens is 232 g/mol. The van der Waals surface area contributed by atoms with E-state index in [1.54, 1.807) is 0 Å². The quantitative estimate of drug-likeness (QED) is 0.880. The van der Waals surface area contributed by atoms with Gasteiger partial charge in [0, 0.05) is 19.0 Å². The highest BCUT2D eigenvalue weighted by atomic mass is 15.1. The summed E-state index contributed by atoms with van der Waals surface area (Å²) in [4.78, 5) is 2.21. The lowest BCUT2D eigenvalue weighted by Gasteiger charge is -2.23. The predicted octanol–water partition coefficient (Wildman–Crippen LogP) is 3.34. The second-order valence-corrected chi connectivity index (χ2v) is 6.20. The second kappa shape index (κ2) is 7.06. The Morgan fingerprint density at radius 2 is 1.74 bits per heavy atom. The van der Waals surface area contributed by atoms with Gasteiger partial charge in [-0.2, -0.15) is 0 Å². The SMILES string of the molecule is CN(C)CC(CN)c1ccc(C2CCCCC2)cc1. The van der Waals surface area contributed by atoms with Gasteiger partial charge < -0.3 is 10.6 Å². The number of nitrogens with zero attached hydrogens (tertiary/aromatic N) is 1. The topological polar surface area (TPSA) is 29.3 Å². The van der Waals surface area contributed by atoms with E-state index in [1.807, 2.05) is 0 Å². The summed E-state index contributed by atoms with van der Waals surface area (Å²) in [5, 5.41) is 0. The summed E-state index contributed by atoms with van der Waals surface area (Å²) >= 11 is 0. The zero-order valence-corrected chi connectivity index (χ0v) is 12.4. The van der Waals surface area contributed by atoms with Crippen LogP contribution in [0, 0.1) is 0 Å². The molecule has 1 saturated carbocycles. The fourth-order valence-electron chi connectivity index (χ4n) is 3.23. The van der Waals surface area contributed by atoms with Crippen LogP contribution in [0.1, 0.15) is 55.1 Å². The van der Waals surface area contributed by atoms with Crippen molar-refractivity contribution in [3.8, 4) is 0 Å². The van der Waals surface area contributed by atoms with Crippen LogP contribution >= 0.6 is 0 Å². The summed E-state index contributed by atoms with van der Waals surface area (Å²) in [5.74, 6) is 1.25. The first-order valence-electron chi connectivity index (χ1n) is 7.65. The molecular formula is C17H28N2. The van der Waals surface area contributed by atoms with Gasteiger partial charge in [0.15, 0.2) is 0 Å². The first-order valence-corrected chi connectivity index (χ1v) is 7.65. The molecule has 0 saturated heterocycles. The molecule has 0 aromatic heterocycles. The van der Waals surface area contributed by atoms with Crippen molar-refractivity contribution in [2.45, 2.75) is 43.9 Å². The van der Waals surface area contributed by atoms with Crippen molar-refractivity contribution >= 4 is 0 Å². The molecule has 2 heteroatoms. The molecule has 1 aromatic rings. The van der Waals surface area contributed by atoms with Gasteiger partial charge >= 0.3 is 0 Å². The van der Waals surface area contributed by atoms with Gasteiger partial charge in [-0.1, -0.05) is 43.5 Å². The Bertz CT molecular complexity index is 363. The van der Waals surface area contributed by atoms with Crippen LogP contribution in [0.3, 0.4) is 0 Å². The lowest BCUT2D eigenvalue weighted by atomic mass is 9.83. The van der Waals surface area contributed by atoms with Gasteiger partial charge in [0.25, 0.3) is 0 Å². The normalized spacial score (nSPS) is 18.7. The molecule has 2 nitrogen and oxygen atoms in total. The lowest BCUT2D eigenvalue weighted by molar-refractivity contribution is 0.375. The monoisotopic (exact) mass is 260 g/mol. The lowest BCUT2D eigenvalue weighted by Crippen LogP contribution is -2.25. The molecule has 1 aliphatic carbocycles. The third-order valence-electron chi connectivity index (χ3n) is 4.35. The number of nitrogens with two attached hydrogens (primary N) is 1. The molecule has 2 rings (SSSR count). The molecule has 106 valence electrons. The maximum atomic E-state index is 5.91. The van der Waals surface area contributed by atoms with Crippen LogP contribution in [0.2, 0.25) is 0 Å². The first kappa shape index (κ1) is 14.5. The number of hydrogen-bond acceptors (Lipinski definition) is 2. The molecule has 1 atom stereocenters. The minimum atomic E-state index is 0.454. The third kappa shape index (κ3) is 4.05. The summed E-state index contributed by atoms with van der Waals surface area (Å²) in [6, 6.07) is 9.27. The number of rotatable bonds is 5. The Morgan fingerprint density at radius 1 is 1.11 bits per heavy atom. The summed E-state index contributed by atoms with van der Waals surface area (Å²) in [6.45, 7) is 1.75. The largest absolute Gasteiger partial charge is 0.330 e. The molecule has 0 heterocycles. The molecule has 0 spiro atoms. The molecule has 1 aromatic carbocycles. The molecule has 0 amide bonds. The van der Waals surface area contributed by atoms with Crippen LogP contribution in [0.15, 0.2) is 24.3 Å². The second-order valence-electron chi connectivity index (χ2n) is 6.20. The number of benzene rings is 1. The van der Waals surface area contributed by atoms with Crippen molar-refractivity contribution in [2.75, 3.05) is 27.2 Å². The van der Waals surface area contributed by atoms with Crippen LogP contribution in [0.25, 0.3) is 0 Å². The van der Waals surface area contributed by atoms with Crippen LogP contribution in [-0.4, -0.2) is 32.1 Å². The maximum absolute atomic E-state index is 5.91. The van der Waals surface area contributed by atoms with Gasteiger partial charge in [-0.25, -0.2) is 0 Å². The minimum Gasteiger partial charge on any atom is -0.330 e. The van der Waals surface area contributed by atoms with Crippen molar-refractivity contribution in [1.82, 2.24) is 4.90 Å². The minimum absolute atomic E-state index is 0.454. The van der Waals surface area contributed by atoms with Gasteiger partial charge in [0.05, 0.1) is 0 Å². The van der Waals surface area contributed by atoms with Crippen LogP contribution in [0.5, 0.6) is 0 Å². The molecule has 0 aliphatic heterocycles. The first-order chi connectivity index (χ1) is 9.20. The van der Waals surface area contributed by atoms with Crippen molar-refractivity contribution in [2.24, 2.45) is 5.73 Å². The Balaban J connectivity index is 2.03. The number of hydrogen-bond donors (Lipinski definition) is 1. The Labute approximate surface area is 118 Å². The van der Waals surface area contributed by atoms with Gasteiger partial charge in [-0.3, -0.25) is 0 Å². The van der Waals surface area contributed by atoms with E-state index in [0.29, 0.717) is 5.92 Å². The van der Waals surface area contributed by atoms with Gasteiger partial charge in [-0.15, -0.1) is 0 Å². The predicted molar refractivity (Wildman–Crippen MR) is 82.6 cm³/mol. The van der Waals surface area contributed by atoms with E-state index in [9.17, 15) is 0 Å². The van der Waals surface area contributed by atoms with Crippen molar-refractivity contribution in [3.63, 3.8) is 0 Å². The highest BCUT2D eigenvalue weighted by molar-refractivity contribution is 5.28. The summed E-state index contributed by atoms with van der Waals surface area (Å²) in [7, 11) is 4.22. The molecule has 1 fully saturated rings. The van der Waals surface area contributed by atoms with E-state index in [4.69, 9.17) is 5.73 Å². The van der Waals surface area contributed by atoms with Gasteiger partial charge in [0.1, 0.15) is 0 Å². The fourth-order valence-corrected chi connectivity index (χ4v) is 3.23. The Kier molecular flexibility index (Phi) is 5.41. The van der Waals surface area contributed by atoms with Crippen molar-refractivity contribution in [3.05, 3.63) is 35.4 Å². The molecule has 0 bridgehead atoms. The standard InChI is InChI=1S/C17H28N2/c1-19(2)13-17(12-18)16-10-8-15(9-11-16)14-6-4-3-5-7-14/h8-11,14,17H,3-7,12-13,18H2,1-2H3. The van der Waals surface area contributed by atoms with Gasteiger partial charge in [-0.05, 0) is 44.0 Å². The zero-order chi connectivity index (χ0) is 13.7. The maximum Gasteiger partial charge on any atom is 0.00886 e. The molecule has 1 aliphatic rings. The average molecular weight is 260 g/mol. The summed E-state index contributed by atoms with van der Waals surface area (Å²) in [5.41, 5.74) is 8.82. The fraction of sp³-hybridized carbons (Fsp3) is 0.647. The zero-order valence-electron chi connectivity index (χ0n) is 12.4. The van der Waals surface area contributed by atoms with E-state index < -0.39 is 0 Å². The third-order valence-corrected chi connectivity index (χ3v) is 4.35. The smallest absolute Gasteiger partial charge is 0.00886 e. The molecule has 19 heavy (non-hydrogen) atoms. The van der Waals surface area contributed by atoms with E-state index >= 15 is 0 Å². The van der Waals surface area contributed by atoms with E-state index in [0.717, 1.165) is 19.0 Å². The Morgan fingerprint density at radius 3 is 2.26 bits per heavy atom. The van der Waals surface area contributed by atoms with Gasteiger partial charge in [0.2, 0.25) is 0 Å². The molecule has 0 radical (unpaired) electrons. The summed E-state index contributed by atoms with van der Waals surface area (Å²) < 4.78 is 0. The average Bonchev–Trinajstić information content (AvgIpc) is 2.46. The number of likely N-dealkylation sites (N-methyl/N-ethyl adjacent to an activating group) is 1. The molecule has 2 N–H and O–H groups in total. The van der Waals surface area contributed by atoms with Crippen LogP contribution in [0.4, 0.5) is 0 Å². The van der Waals surface area contributed by atoms with Crippen molar-refractivity contribution in [1.29, 1.82) is 0 Å². The van der Waals surface area contributed by atoms with Crippen LogP contribution < -0.4 is 5.73 Å². The van der Waals surface area contributed by atoms with E-state index in [1.165, 1.54) is 43.2 Å². The Hall–Kier alpha value is -0.860. The molecule has 1 unspecified atom stereocenters.